The van der Waals surface area contributed by atoms with Crippen LogP contribution in [0.5, 0.6) is 0 Å². The Morgan fingerprint density at radius 2 is 2.00 bits per heavy atom. The van der Waals surface area contributed by atoms with E-state index < -0.39 is 0 Å². The van der Waals surface area contributed by atoms with Gasteiger partial charge in [-0.3, -0.25) is 0 Å². The van der Waals surface area contributed by atoms with E-state index in [1.807, 2.05) is 4.90 Å². The number of nitrogens with one attached hydrogen (secondary N) is 1. The zero-order valence-corrected chi connectivity index (χ0v) is 13.3. The number of rotatable bonds is 3. The maximum atomic E-state index is 12.3. The van der Waals surface area contributed by atoms with Crippen LogP contribution in [-0.4, -0.2) is 35.7 Å². The number of aliphatic hydroxyl groups excluding tert-OH is 1. The van der Waals surface area contributed by atoms with E-state index in [0.29, 0.717) is 13.1 Å². The Labute approximate surface area is 127 Å². The molecule has 1 heterocycles. The number of aliphatic hydroxyl groups is 1. The molecule has 0 radical (unpaired) electrons. The second-order valence-electron chi connectivity index (χ2n) is 6.17. The number of urea groups is 1. The van der Waals surface area contributed by atoms with Gasteiger partial charge in [-0.15, -0.1) is 0 Å². The number of carbonyl (C=O) groups excluding carboxylic acids is 1. The first-order valence-electron chi connectivity index (χ1n) is 7.71. The summed E-state index contributed by atoms with van der Waals surface area (Å²) in [6.07, 6.45) is 1.98. The van der Waals surface area contributed by atoms with Crippen LogP contribution < -0.4 is 5.32 Å². The normalized spacial score (nSPS) is 18.7. The highest BCUT2D eigenvalue weighted by molar-refractivity contribution is 5.74. The van der Waals surface area contributed by atoms with Gasteiger partial charge >= 0.3 is 6.03 Å². The molecule has 0 bridgehead atoms. The van der Waals surface area contributed by atoms with Gasteiger partial charge < -0.3 is 15.3 Å². The van der Waals surface area contributed by atoms with Crippen molar-refractivity contribution in [1.29, 1.82) is 0 Å². The Bertz CT molecular complexity index is 491. The minimum atomic E-state index is -0.0208. The van der Waals surface area contributed by atoms with E-state index in [0.717, 1.165) is 19.4 Å². The van der Waals surface area contributed by atoms with Crippen LogP contribution in [0.2, 0.25) is 0 Å². The highest BCUT2D eigenvalue weighted by Gasteiger charge is 2.23. The molecular formula is C17H26N2O2. The van der Waals surface area contributed by atoms with Crippen LogP contribution in [0.3, 0.4) is 0 Å². The lowest BCUT2D eigenvalue weighted by Gasteiger charge is -2.32. The van der Waals surface area contributed by atoms with Gasteiger partial charge in [0.1, 0.15) is 0 Å². The van der Waals surface area contributed by atoms with Gasteiger partial charge in [-0.1, -0.05) is 17.7 Å². The van der Waals surface area contributed by atoms with Crippen LogP contribution in [0.1, 0.15) is 35.1 Å². The van der Waals surface area contributed by atoms with Crippen molar-refractivity contribution < 1.29 is 9.90 Å². The van der Waals surface area contributed by atoms with Crippen LogP contribution in [0.4, 0.5) is 4.79 Å². The Balaban J connectivity index is 1.95. The summed E-state index contributed by atoms with van der Waals surface area (Å²) >= 11 is 0. The largest absolute Gasteiger partial charge is 0.396 e. The van der Waals surface area contributed by atoms with Crippen molar-refractivity contribution in [2.45, 2.75) is 40.2 Å². The third-order valence-corrected chi connectivity index (χ3v) is 4.32. The molecule has 1 fully saturated rings. The van der Waals surface area contributed by atoms with E-state index >= 15 is 0 Å². The Morgan fingerprint density at radius 1 is 1.33 bits per heavy atom. The monoisotopic (exact) mass is 290 g/mol. The molecule has 2 N–H and O–H groups in total. The zero-order chi connectivity index (χ0) is 15.4. The lowest BCUT2D eigenvalue weighted by Crippen LogP contribution is -2.46. The van der Waals surface area contributed by atoms with Crippen LogP contribution in [0, 0.1) is 26.7 Å². The van der Waals surface area contributed by atoms with Crippen molar-refractivity contribution in [3.8, 4) is 0 Å². The molecule has 1 unspecified atom stereocenters. The third-order valence-electron chi connectivity index (χ3n) is 4.32. The van der Waals surface area contributed by atoms with E-state index in [9.17, 15) is 9.90 Å². The van der Waals surface area contributed by atoms with E-state index in [-0.39, 0.29) is 18.6 Å². The molecule has 1 aromatic rings. The fraction of sp³-hybridized carbons (Fsp3) is 0.588. The number of hydrogen-bond donors (Lipinski definition) is 2. The average Bonchev–Trinajstić information content (AvgIpc) is 2.46. The van der Waals surface area contributed by atoms with Gasteiger partial charge in [0.2, 0.25) is 0 Å². The molecule has 1 aliphatic rings. The Kier molecular flexibility index (Phi) is 5.23. The third kappa shape index (κ3) is 3.97. The molecule has 0 spiro atoms. The number of carbonyl (C=O) groups is 1. The standard InChI is InChI=1S/C17H26N2O2/c1-12-7-13(2)16(14(3)8-12)9-18-17(21)19-6-4-5-15(10-19)11-20/h7-8,15,20H,4-6,9-11H2,1-3H3,(H,18,21). The van der Waals surface area contributed by atoms with E-state index in [1.54, 1.807) is 0 Å². The summed E-state index contributed by atoms with van der Waals surface area (Å²) in [6, 6.07) is 4.28. The molecule has 0 aliphatic carbocycles. The van der Waals surface area contributed by atoms with Crippen LogP contribution in [-0.2, 0) is 6.54 Å². The molecule has 0 aromatic heterocycles. The molecule has 4 heteroatoms. The van der Waals surface area contributed by atoms with Crippen molar-refractivity contribution in [1.82, 2.24) is 10.2 Å². The molecule has 1 aliphatic heterocycles. The fourth-order valence-corrected chi connectivity index (χ4v) is 3.16. The number of piperidine rings is 1. The minimum Gasteiger partial charge on any atom is -0.396 e. The van der Waals surface area contributed by atoms with Gasteiger partial charge in [0.05, 0.1) is 0 Å². The second-order valence-corrected chi connectivity index (χ2v) is 6.17. The maximum Gasteiger partial charge on any atom is 0.317 e. The van der Waals surface area contributed by atoms with Crippen molar-refractivity contribution in [2.75, 3.05) is 19.7 Å². The van der Waals surface area contributed by atoms with E-state index in [1.165, 1.54) is 22.3 Å². The Hall–Kier alpha value is -1.55. The molecule has 116 valence electrons. The van der Waals surface area contributed by atoms with Crippen molar-refractivity contribution in [3.05, 3.63) is 34.4 Å². The zero-order valence-electron chi connectivity index (χ0n) is 13.3. The van der Waals surface area contributed by atoms with Gasteiger partial charge in [0.15, 0.2) is 0 Å². The Morgan fingerprint density at radius 3 is 2.62 bits per heavy atom. The average molecular weight is 290 g/mol. The van der Waals surface area contributed by atoms with Crippen molar-refractivity contribution in [3.63, 3.8) is 0 Å². The first-order chi connectivity index (χ1) is 10.0. The van der Waals surface area contributed by atoms with Crippen LogP contribution in [0.25, 0.3) is 0 Å². The van der Waals surface area contributed by atoms with Gasteiger partial charge in [0, 0.05) is 26.2 Å². The summed E-state index contributed by atoms with van der Waals surface area (Å²) in [5.41, 5.74) is 4.89. The SMILES string of the molecule is Cc1cc(C)c(CNC(=O)N2CCCC(CO)C2)c(C)c1. The maximum absolute atomic E-state index is 12.3. The summed E-state index contributed by atoms with van der Waals surface area (Å²) in [5, 5.41) is 12.3. The van der Waals surface area contributed by atoms with Crippen LogP contribution >= 0.6 is 0 Å². The number of nitrogens with zero attached hydrogens (tertiary/aromatic N) is 1. The number of aryl methyl sites for hydroxylation is 3. The predicted octanol–water partition coefficient (Wildman–Crippen LogP) is 2.53. The molecule has 2 rings (SSSR count). The lowest BCUT2D eigenvalue weighted by molar-refractivity contribution is 0.129. The molecule has 1 atom stereocenters. The molecular weight excluding hydrogens is 264 g/mol. The highest BCUT2D eigenvalue weighted by atomic mass is 16.3. The summed E-state index contributed by atoms with van der Waals surface area (Å²) in [5.74, 6) is 0.229. The molecule has 21 heavy (non-hydrogen) atoms. The number of hydrogen-bond acceptors (Lipinski definition) is 2. The van der Waals surface area contributed by atoms with Crippen molar-refractivity contribution in [2.24, 2.45) is 5.92 Å². The molecule has 2 amide bonds. The quantitative estimate of drug-likeness (QED) is 0.899. The second kappa shape index (κ2) is 6.94. The molecule has 0 saturated carbocycles. The fourth-order valence-electron chi connectivity index (χ4n) is 3.16. The molecule has 4 nitrogen and oxygen atoms in total. The number of benzene rings is 1. The number of likely N-dealkylation sites (tertiary alicyclic amines) is 1. The number of amides is 2. The first kappa shape index (κ1) is 15.8. The van der Waals surface area contributed by atoms with Gasteiger partial charge in [-0.25, -0.2) is 4.79 Å². The highest BCUT2D eigenvalue weighted by Crippen LogP contribution is 2.18. The summed E-state index contributed by atoms with van der Waals surface area (Å²) < 4.78 is 0. The molecule has 1 saturated heterocycles. The van der Waals surface area contributed by atoms with Gasteiger partial charge in [0.25, 0.3) is 0 Å². The smallest absolute Gasteiger partial charge is 0.317 e. The topological polar surface area (TPSA) is 52.6 Å². The summed E-state index contributed by atoms with van der Waals surface area (Å²) in [7, 11) is 0. The predicted molar refractivity (Wildman–Crippen MR) is 84.3 cm³/mol. The summed E-state index contributed by atoms with van der Waals surface area (Å²) in [6.45, 7) is 8.44. The van der Waals surface area contributed by atoms with Gasteiger partial charge in [-0.05, 0) is 56.2 Å². The first-order valence-corrected chi connectivity index (χ1v) is 7.71. The van der Waals surface area contributed by atoms with Crippen molar-refractivity contribution >= 4 is 6.03 Å². The molecule has 1 aromatic carbocycles. The van der Waals surface area contributed by atoms with Crippen LogP contribution in [0.15, 0.2) is 12.1 Å². The van der Waals surface area contributed by atoms with E-state index in [2.05, 4.69) is 38.2 Å². The van der Waals surface area contributed by atoms with Gasteiger partial charge in [-0.2, -0.15) is 0 Å². The lowest BCUT2D eigenvalue weighted by atomic mass is 9.99. The van der Waals surface area contributed by atoms with E-state index in [4.69, 9.17) is 0 Å². The minimum absolute atomic E-state index is 0.0208. The summed E-state index contributed by atoms with van der Waals surface area (Å²) in [4.78, 5) is 14.1.